The van der Waals surface area contributed by atoms with Crippen LogP contribution in [0.25, 0.3) is 0 Å². The number of anilines is 1. The first kappa shape index (κ1) is 17.0. The second kappa shape index (κ2) is 6.51. The molecule has 3 aliphatic rings. The first-order chi connectivity index (χ1) is 13.7. The van der Waals surface area contributed by atoms with E-state index in [2.05, 4.69) is 27.8 Å². The summed E-state index contributed by atoms with van der Waals surface area (Å²) in [6.45, 7) is 2.93. The lowest BCUT2D eigenvalue weighted by Crippen LogP contribution is -2.55. The molecule has 1 spiro atoms. The third kappa shape index (κ3) is 2.61. The SMILES string of the molecule is O=C(c1cnc2c(c1)OCCN2)N1CCC2(CC1)C(=O)NCc1ccccc12. The minimum absolute atomic E-state index is 0.0659. The van der Waals surface area contributed by atoms with Crippen molar-refractivity contribution in [3.63, 3.8) is 0 Å². The second-order valence-corrected chi connectivity index (χ2v) is 7.56. The number of amides is 2. The van der Waals surface area contributed by atoms with Crippen LogP contribution in [0.15, 0.2) is 36.5 Å². The second-order valence-electron chi connectivity index (χ2n) is 7.56. The summed E-state index contributed by atoms with van der Waals surface area (Å²) in [7, 11) is 0. The zero-order valence-corrected chi connectivity index (χ0v) is 15.5. The lowest BCUT2D eigenvalue weighted by molar-refractivity contribution is -0.129. The molecule has 0 aliphatic carbocycles. The molecule has 1 aromatic heterocycles. The van der Waals surface area contributed by atoms with E-state index in [4.69, 9.17) is 4.74 Å². The van der Waals surface area contributed by atoms with Crippen LogP contribution < -0.4 is 15.4 Å². The van der Waals surface area contributed by atoms with Gasteiger partial charge in [-0.25, -0.2) is 4.98 Å². The Balaban J connectivity index is 1.36. The number of hydrogen-bond donors (Lipinski definition) is 2. The number of piperidine rings is 1. The summed E-state index contributed by atoms with van der Waals surface area (Å²) < 4.78 is 5.60. The number of nitrogens with one attached hydrogen (secondary N) is 2. The molecule has 0 unspecified atom stereocenters. The van der Waals surface area contributed by atoms with E-state index in [1.54, 1.807) is 12.3 Å². The number of carbonyl (C=O) groups excluding carboxylic acids is 2. The average molecular weight is 378 g/mol. The van der Waals surface area contributed by atoms with Crippen LogP contribution in [-0.2, 0) is 16.8 Å². The van der Waals surface area contributed by atoms with Crippen LogP contribution in [0.1, 0.15) is 34.3 Å². The molecule has 4 heterocycles. The highest BCUT2D eigenvalue weighted by Crippen LogP contribution is 2.40. The molecular weight excluding hydrogens is 356 g/mol. The van der Waals surface area contributed by atoms with Crippen molar-refractivity contribution in [2.75, 3.05) is 31.6 Å². The Morgan fingerprint density at radius 2 is 2.00 bits per heavy atom. The van der Waals surface area contributed by atoms with Crippen molar-refractivity contribution in [3.8, 4) is 5.75 Å². The van der Waals surface area contributed by atoms with E-state index < -0.39 is 5.41 Å². The van der Waals surface area contributed by atoms with Gasteiger partial charge in [-0.3, -0.25) is 9.59 Å². The third-order valence-electron chi connectivity index (χ3n) is 6.06. The van der Waals surface area contributed by atoms with Gasteiger partial charge in [0.2, 0.25) is 5.91 Å². The molecule has 7 heteroatoms. The van der Waals surface area contributed by atoms with Crippen LogP contribution in [0.3, 0.4) is 0 Å². The molecule has 2 aromatic rings. The molecule has 28 heavy (non-hydrogen) atoms. The molecule has 1 fully saturated rings. The van der Waals surface area contributed by atoms with E-state index in [9.17, 15) is 9.59 Å². The summed E-state index contributed by atoms with van der Waals surface area (Å²) in [5, 5.41) is 6.19. The maximum absolute atomic E-state index is 13.0. The number of pyridine rings is 1. The third-order valence-corrected chi connectivity index (χ3v) is 6.06. The van der Waals surface area contributed by atoms with E-state index in [0.717, 1.165) is 5.56 Å². The van der Waals surface area contributed by atoms with Crippen molar-refractivity contribution >= 4 is 17.6 Å². The van der Waals surface area contributed by atoms with Gasteiger partial charge in [-0.05, 0) is 30.0 Å². The summed E-state index contributed by atoms with van der Waals surface area (Å²) in [5.41, 5.74) is 2.27. The lowest BCUT2D eigenvalue weighted by Gasteiger charge is -2.44. The Morgan fingerprint density at radius 1 is 1.18 bits per heavy atom. The molecule has 1 aromatic carbocycles. The van der Waals surface area contributed by atoms with Gasteiger partial charge in [0.25, 0.3) is 5.91 Å². The standard InChI is InChI=1S/C21H22N4O3/c26-19(15-11-17-18(23-13-15)22-7-10-28-17)25-8-5-21(6-9-25)16-4-2-1-3-14(16)12-24-20(21)27/h1-4,11,13H,5-10,12H2,(H,22,23)(H,24,27). The van der Waals surface area contributed by atoms with Gasteiger partial charge < -0.3 is 20.3 Å². The van der Waals surface area contributed by atoms with Gasteiger partial charge in [-0.2, -0.15) is 0 Å². The number of ether oxygens (including phenoxy) is 1. The van der Waals surface area contributed by atoms with E-state index in [1.807, 2.05) is 17.0 Å². The number of benzene rings is 1. The molecule has 3 aliphatic heterocycles. The quantitative estimate of drug-likeness (QED) is 0.789. The van der Waals surface area contributed by atoms with Crippen LogP contribution in [0.4, 0.5) is 5.82 Å². The van der Waals surface area contributed by atoms with Gasteiger partial charge in [-0.15, -0.1) is 0 Å². The van der Waals surface area contributed by atoms with Gasteiger partial charge in [0.15, 0.2) is 11.6 Å². The summed E-state index contributed by atoms with van der Waals surface area (Å²) >= 11 is 0. The van der Waals surface area contributed by atoms with Crippen LogP contribution in [0.2, 0.25) is 0 Å². The Labute approximate surface area is 163 Å². The highest BCUT2D eigenvalue weighted by Gasteiger charge is 2.46. The largest absolute Gasteiger partial charge is 0.488 e. The number of likely N-dealkylation sites (tertiary alicyclic amines) is 1. The maximum Gasteiger partial charge on any atom is 0.255 e. The van der Waals surface area contributed by atoms with Crippen LogP contribution in [0.5, 0.6) is 5.75 Å². The van der Waals surface area contributed by atoms with Crippen molar-refractivity contribution in [2.24, 2.45) is 0 Å². The van der Waals surface area contributed by atoms with Gasteiger partial charge >= 0.3 is 0 Å². The van der Waals surface area contributed by atoms with Crippen LogP contribution in [0, 0.1) is 0 Å². The Hall–Kier alpha value is -3.09. The molecule has 0 radical (unpaired) electrons. The number of nitrogens with zero attached hydrogens (tertiary/aromatic N) is 2. The fourth-order valence-corrected chi connectivity index (χ4v) is 4.51. The maximum atomic E-state index is 13.0. The van der Waals surface area contributed by atoms with Crippen molar-refractivity contribution in [1.29, 1.82) is 0 Å². The fraction of sp³-hybridized carbons (Fsp3) is 0.381. The van der Waals surface area contributed by atoms with E-state index in [0.29, 0.717) is 62.8 Å². The van der Waals surface area contributed by atoms with E-state index >= 15 is 0 Å². The molecular formula is C21H22N4O3. The smallest absolute Gasteiger partial charge is 0.255 e. The van der Waals surface area contributed by atoms with Crippen LogP contribution >= 0.6 is 0 Å². The highest BCUT2D eigenvalue weighted by atomic mass is 16.5. The summed E-state index contributed by atoms with van der Waals surface area (Å²) in [5.74, 6) is 1.30. The number of rotatable bonds is 1. The molecule has 0 bridgehead atoms. The molecule has 0 saturated carbocycles. The number of aromatic nitrogens is 1. The molecule has 5 rings (SSSR count). The van der Waals surface area contributed by atoms with Gasteiger partial charge in [0.05, 0.1) is 17.5 Å². The van der Waals surface area contributed by atoms with Crippen molar-refractivity contribution in [2.45, 2.75) is 24.8 Å². The lowest BCUT2D eigenvalue weighted by atomic mass is 9.68. The Morgan fingerprint density at radius 3 is 2.86 bits per heavy atom. The summed E-state index contributed by atoms with van der Waals surface area (Å²) in [6.07, 6.45) is 2.84. The molecule has 2 N–H and O–H groups in total. The average Bonchev–Trinajstić information content (AvgIpc) is 2.76. The van der Waals surface area contributed by atoms with E-state index in [1.165, 1.54) is 5.56 Å². The first-order valence-corrected chi connectivity index (χ1v) is 9.70. The van der Waals surface area contributed by atoms with Gasteiger partial charge in [0, 0.05) is 25.8 Å². The van der Waals surface area contributed by atoms with Gasteiger partial charge in [-0.1, -0.05) is 24.3 Å². The molecule has 7 nitrogen and oxygen atoms in total. The van der Waals surface area contributed by atoms with Crippen LogP contribution in [-0.4, -0.2) is 47.9 Å². The normalized spacial score (nSPS) is 19.7. The van der Waals surface area contributed by atoms with Crippen molar-refractivity contribution in [1.82, 2.24) is 15.2 Å². The minimum Gasteiger partial charge on any atom is -0.488 e. The zero-order valence-electron chi connectivity index (χ0n) is 15.5. The molecule has 0 atom stereocenters. The predicted molar refractivity (Wildman–Crippen MR) is 103 cm³/mol. The summed E-state index contributed by atoms with van der Waals surface area (Å²) in [4.78, 5) is 31.9. The fourth-order valence-electron chi connectivity index (χ4n) is 4.51. The number of carbonyl (C=O) groups is 2. The van der Waals surface area contributed by atoms with Gasteiger partial charge in [0.1, 0.15) is 6.61 Å². The number of fused-ring (bicyclic) bond motifs is 3. The first-order valence-electron chi connectivity index (χ1n) is 9.70. The molecule has 2 amide bonds. The highest BCUT2D eigenvalue weighted by molar-refractivity contribution is 5.95. The Kier molecular flexibility index (Phi) is 3.96. The molecule has 144 valence electrons. The monoisotopic (exact) mass is 378 g/mol. The van der Waals surface area contributed by atoms with E-state index in [-0.39, 0.29) is 11.8 Å². The van der Waals surface area contributed by atoms with Crippen molar-refractivity contribution in [3.05, 3.63) is 53.2 Å². The topological polar surface area (TPSA) is 83.6 Å². The number of hydrogen-bond acceptors (Lipinski definition) is 5. The predicted octanol–water partition coefficient (Wildman–Crippen LogP) is 1.69. The van der Waals surface area contributed by atoms with Crippen molar-refractivity contribution < 1.29 is 14.3 Å². The zero-order chi connectivity index (χ0) is 19.1. The molecule has 1 saturated heterocycles. The Bertz CT molecular complexity index is 950. The minimum atomic E-state index is -0.535. The summed E-state index contributed by atoms with van der Waals surface area (Å²) in [6, 6.07) is 9.88.